The Morgan fingerprint density at radius 3 is 2.47 bits per heavy atom. The number of nitrogens with two attached hydrogens (primary N) is 1. The molecule has 3 nitrogen and oxygen atoms in total. The summed E-state index contributed by atoms with van der Waals surface area (Å²) in [4.78, 5) is 11.7. The topological polar surface area (TPSA) is 55.1 Å². The normalized spacial score (nSPS) is 10.5. The summed E-state index contributed by atoms with van der Waals surface area (Å²) in [6.45, 7) is 0.522. The lowest BCUT2D eigenvalue weighted by Crippen LogP contribution is -2.20. The predicted molar refractivity (Wildman–Crippen MR) is 78.2 cm³/mol. The highest BCUT2D eigenvalue weighted by Gasteiger charge is 1.97. The zero-order valence-corrected chi connectivity index (χ0v) is 10.5. The minimum Gasteiger partial charge on any atom is -0.398 e. The molecule has 0 aliphatic heterocycles. The largest absolute Gasteiger partial charge is 0.398 e. The smallest absolute Gasteiger partial charge is 0.244 e. The number of para-hydroxylation sites is 1. The van der Waals surface area contributed by atoms with Gasteiger partial charge in [-0.2, -0.15) is 0 Å². The molecule has 2 rings (SSSR count). The number of carbonyl (C=O) groups excluding carboxylic acids is 1. The van der Waals surface area contributed by atoms with E-state index in [9.17, 15) is 4.79 Å². The molecule has 19 heavy (non-hydrogen) atoms. The third-order valence-corrected chi connectivity index (χ3v) is 2.72. The maximum Gasteiger partial charge on any atom is 0.244 e. The van der Waals surface area contributed by atoms with Gasteiger partial charge in [-0.15, -0.1) is 0 Å². The summed E-state index contributed by atoms with van der Waals surface area (Å²) < 4.78 is 0. The minimum absolute atomic E-state index is 0.132. The second-order valence-corrected chi connectivity index (χ2v) is 4.17. The fraction of sp³-hybridized carbons (Fsp3) is 0.0625. The molecule has 2 aromatic rings. The molecule has 3 N–H and O–H groups in total. The third kappa shape index (κ3) is 4.00. The molecule has 0 aliphatic rings. The van der Waals surface area contributed by atoms with Gasteiger partial charge in [-0.05, 0) is 23.3 Å². The van der Waals surface area contributed by atoms with Crippen LogP contribution in [0.15, 0.2) is 60.7 Å². The van der Waals surface area contributed by atoms with Crippen LogP contribution in [0.1, 0.15) is 11.1 Å². The van der Waals surface area contributed by atoms with Crippen LogP contribution in [0.25, 0.3) is 6.08 Å². The van der Waals surface area contributed by atoms with Crippen molar-refractivity contribution in [1.29, 1.82) is 0 Å². The molecule has 3 heteroatoms. The fourth-order valence-corrected chi connectivity index (χ4v) is 1.67. The summed E-state index contributed by atoms with van der Waals surface area (Å²) in [7, 11) is 0. The van der Waals surface area contributed by atoms with Crippen LogP contribution in [0, 0.1) is 0 Å². The van der Waals surface area contributed by atoms with E-state index in [4.69, 9.17) is 5.73 Å². The first-order chi connectivity index (χ1) is 9.25. The third-order valence-electron chi connectivity index (χ3n) is 2.72. The van der Waals surface area contributed by atoms with Crippen LogP contribution < -0.4 is 11.1 Å². The summed E-state index contributed by atoms with van der Waals surface area (Å²) in [6, 6.07) is 17.2. The highest BCUT2D eigenvalue weighted by atomic mass is 16.1. The highest BCUT2D eigenvalue weighted by molar-refractivity contribution is 5.92. The molecule has 0 radical (unpaired) electrons. The van der Waals surface area contributed by atoms with E-state index in [1.165, 1.54) is 6.08 Å². The quantitative estimate of drug-likeness (QED) is 0.649. The van der Waals surface area contributed by atoms with Gasteiger partial charge in [-0.25, -0.2) is 0 Å². The zero-order chi connectivity index (χ0) is 13.5. The van der Waals surface area contributed by atoms with Gasteiger partial charge in [0.25, 0.3) is 0 Å². The first kappa shape index (κ1) is 12.9. The van der Waals surface area contributed by atoms with Crippen molar-refractivity contribution in [2.24, 2.45) is 0 Å². The van der Waals surface area contributed by atoms with Crippen LogP contribution in [-0.2, 0) is 11.3 Å². The van der Waals surface area contributed by atoms with Crippen molar-refractivity contribution in [3.63, 3.8) is 0 Å². The van der Waals surface area contributed by atoms with E-state index in [0.717, 1.165) is 11.1 Å². The van der Waals surface area contributed by atoms with Gasteiger partial charge in [-0.3, -0.25) is 4.79 Å². The van der Waals surface area contributed by atoms with Crippen molar-refractivity contribution in [3.8, 4) is 0 Å². The predicted octanol–water partition coefficient (Wildman–Crippen LogP) is 2.60. The van der Waals surface area contributed by atoms with Gasteiger partial charge in [0.05, 0.1) is 0 Å². The lowest BCUT2D eigenvalue weighted by atomic mass is 10.1. The Kier molecular flexibility index (Phi) is 4.34. The number of rotatable bonds is 4. The number of hydrogen-bond acceptors (Lipinski definition) is 2. The fourth-order valence-electron chi connectivity index (χ4n) is 1.67. The number of hydrogen-bond donors (Lipinski definition) is 2. The van der Waals surface area contributed by atoms with Crippen molar-refractivity contribution in [2.75, 3.05) is 5.73 Å². The Hall–Kier alpha value is -2.55. The second kappa shape index (κ2) is 6.40. The maximum atomic E-state index is 11.7. The number of carbonyl (C=O) groups is 1. The molecule has 0 aromatic heterocycles. The molecule has 0 atom stereocenters. The molecule has 0 aliphatic carbocycles. The molecule has 0 spiro atoms. The van der Waals surface area contributed by atoms with Crippen LogP contribution >= 0.6 is 0 Å². The monoisotopic (exact) mass is 252 g/mol. The number of benzene rings is 2. The summed E-state index contributed by atoms with van der Waals surface area (Å²) in [5.41, 5.74) is 8.37. The molecule has 2 aromatic carbocycles. The van der Waals surface area contributed by atoms with Gasteiger partial charge in [0.1, 0.15) is 0 Å². The van der Waals surface area contributed by atoms with Crippen LogP contribution in [0.3, 0.4) is 0 Å². The van der Waals surface area contributed by atoms with Crippen LogP contribution in [0.5, 0.6) is 0 Å². The average molecular weight is 252 g/mol. The molecule has 0 fully saturated rings. The zero-order valence-electron chi connectivity index (χ0n) is 10.5. The van der Waals surface area contributed by atoms with Gasteiger partial charge >= 0.3 is 0 Å². The Morgan fingerprint density at radius 1 is 1.05 bits per heavy atom. The number of anilines is 1. The van der Waals surface area contributed by atoms with Crippen molar-refractivity contribution >= 4 is 17.7 Å². The van der Waals surface area contributed by atoms with E-state index in [1.54, 1.807) is 6.08 Å². The van der Waals surface area contributed by atoms with Gasteiger partial charge in [0, 0.05) is 18.3 Å². The van der Waals surface area contributed by atoms with E-state index in [2.05, 4.69) is 5.32 Å². The number of nitrogens with one attached hydrogen (secondary N) is 1. The summed E-state index contributed by atoms with van der Waals surface area (Å²) >= 11 is 0. The molecular formula is C16H16N2O. The van der Waals surface area contributed by atoms with Crippen LogP contribution in [0.2, 0.25) is 0 Å². The van der Waals surface area contributed by atoms with Gasteiger partial charge < -0.3 is 11.1 Å². The standard InChI is InChI=1S/C16H16N2O/c17-15-9-5-4-8-14(15)10-11-16(19)18-12-13-6-2-1-3-7-13/h1-11H,12,17H2,(H,18,19)/b11-10+. The number of amides is 1. The minimum atomic E-state index is -0.132. The SMILES string of the molecule is Nc1ccccc1/C=C/C(=O)NCc1ccccc1. The first-order valence-electron chi connectivity index (χ1n) is 6.10. The molecule has 96 valence electrons. The lowest BCUT2D eigenvalue weighted by Gasteiger charge is -2.02. The van der Waals surface area contributed by atoms with E-state index in [-0.39, 0.29) is 5.91 Å². The van der Waals surface area contributed by atoms with Crippen LogP contribution in [0.4, 0.5) is 5.69 Å². The molecular weight excluding hydrogens is 236 g/mol. The maximum absolute atomic E-state index is 11.7. The van der Waals surface area contributed by atoms with E-state index in [0.29, 0.717) is 12.2 Å². The molecule has 0 unspecified atom stereocenters. The lowest BCUT2D eigenvalue weighted by molar-refractivity contribution is -0.116. The second-order valence-electron chi connectivity index (χ2n) is 4.17. The van der Waals surface area contributed by atoms with E-state index < -0.39 is 0 Å². The Labute approximate surface area is 112 Å². The molecule has 0 heterocycles. The molecule has 1 amide bonds. The Bertz CT molecular complexity index is 576. The summed E-state index contributed by atoms with van der Waals surface area (Å²) in [5, 5.41) is 2.82. The van der Waals surface area contributed by atoms with Gasteiger partial charge in [-0.1, -0.05) is 48.5 Å². The highest BCUT2D eigenvalue weighted by Crippen LogP contribution is 2.11. The van der Waals surface area contributed by atoms with Gasteiger partial charge in [0.15, 0.2) is 0 Å². The first-order valence-corrected chi connectivity index (χ1v) is 6.10. The van der Waals surface area contributed by atoms with Crippen molar-refractivity contribution in [1.82, 2.24) is 5.32 Å². The Morgan fingerprint density at radius 2 is 1.74 bits per heavy atom. The molecule has 0 saturated heterocycles. The molecule has 0 bridgehead atoms. The Balaban J connectivity index is 1.90. The summed E-state index contributed by atoms with van der Waals surface area (Å²) in [5.74, 6) is -0.132. The number of nitrogen functional groups attached to an aromatic ring is 1. The van der Waals surface area contributed by atoms with Crippen LogP contribution in [-0.4, -0.2) is 5.91 Å². The van der Waals surface area contributed by atoms with Crippen molar-refractivity contribution in [2.45, 2.75) is 6.54 Å². The van der Waals surface area contributed by atoms with Gasteiger partial charge in [0.2, 0.25) is 5.91 Å². The summed E-state index contributed by atoms with van der Waals surface area (Å²) in [6.07, 6.45) is 3.21. The van der Waals surface area contributed by atoms with E-state index >= 15 is 0 Å². The van der Waals surface area contributed by atoms with E-state index in [1.807, 2.05) is 54.6 Å². The molecule has 0 saturated carbocycles. The van der Waals surface area contributed by atoms with Crippen molar-refractivity contribution in [3.05, 3.63) is 71.8 Å². The average Bonchev–Trinajstić information content (AvgIpc) is 2.45. The van der Waals surface area contributed by atoms with Crippen molar-refractivity contribution < 1.29 is 4.79 Å².